The first-order chi connectivity index (χ1) is 8.33. The molecule has 4 aliphatic rings. The minimum absolute atomic E-state index is 0.0125. The highest BCUT2D eigenvalue weighted by molar-refractivity contribution is 5.71. The van der Waals surface area contributed by atoms with Crippen molar-refractivity contribution in [1.82, 2.24) is 4.90 Å². The van der Waals surface area contributed by atoms with Gasteiger partial charge in [-0.15, -0.1) is 0 Å². The summed E-state index contributed by atoms with van der Waals surface area (Å²) in [7, 11) is 0. The fraction of sp³-hybridized carbons (Fsp3) is 0.923. The molecular weight excluding hydrogens is 218 g/mol. The summed E-state index contributed by atoms with van der Waals surface area (Å²) >= 11 is 0. The number of esters is 1. The maximum atomic E-state index is 11.3. The molecule has 0 aromatic heterocycles. The van der Waals surface area contributed by atoms with Crippen molar-refractivity contribution in [3.8, 4) is 0 Å². The van der Waals surface area contributed by atoms with E-state index in [1.807, 2.05) is 0 Å². The predicted octanol–water partition coefficient (Wildman–Crippen LogP) is 1.43. The molecule has 4 nitrogen and oxygen atoms in total. The molecule has 4 aliphatic heterocycles. The molecule has 0 aromatic rings. The number of carbonyl (C=O) groups is 1. The average Bonchev–Trinajstić information content (AvgIpc) is 2.98. The van der Waals surface area contributed by atoms with Gasteiger partial charge in [0.25, 0.3) is 0 Å². The Hall–Kier alpha value is -0.610. The summed E-state index contributed by atoms with van der Waals surface area (Å²) < 4.78 is 11.5. The van der Waals surface area contributed by atoms with E-state index in [0.717, 1.165) is 12.8 Å². The number of ether oxygens (including phenoxy) is 2. The maximum Gasteiger partial charge on any atom is 0.306 e. The molecule has 17 heavy (non-hydrogen) atoms. The third-order valence-corrected chi connectivity index (χ3v) is 4.90. The van der Waals surface area contributed by atoms with Crippen molar-refractivity contribution in [3.63, 3.8) is 0 Å². The van der Waals surface area contributed by atoms with Crippen molar-refractivity contribution in [2.45, 2.75) is 75.5 Å². The third-order valence-electron chi connectivity index (χ3n) is 4.90. The standard InChI is InChI=1S/C13H19NO3/c15-13-7-6-11(17-13)9-5-4-8-10-2-1-3-12(16-10)14(8)9/h8-12H,1-7H2/t8-,9-,10+,11-,12-/m0/s1. The van der Waals surface area contributed by atoms with Crippen LogP contribution in [0.25, 0.3) is 0 Å². The van der Waals surface area contributed by atoms with Crippen molar-refractivity contribution < 1.29 is 14.3 Å². The Morgan fingerprint density at radius 2 is 1.82 bits per heavy atom. The van der Waals surface area contributed by atoms with E-state index in [1.165, 1.54) is 25.7 Å². The SMILES string of the molecule is O=C1CC[C@@H]([C@@H]2CC[C@H]3[C@H]4CCC[C@H](O4)N23)O1. The Balaban J connectivity index is 1.56. The van der Waals surface area contributed by atoms with Crippen molar-refractivity contribution in [1.29, 1.82) is 0 Å². The Morgan fingerprint density at radius 3 is 2.59 bits per heavy atom. The molecule has 4 heterocycles. The van der Waals surface area contributed by atoms with Crippen LogP contribution in [0.15, 0.2) is 0 Å². The van der Waals surface area contributed by atoms with Gasteiger partial charge in [0.15, 0.2) is 0 Å². The Labute approximate surface area is 101 Å². The highest BCUT2D eigenvalue weighted by atomic mass is 16.6. The van der Waals surface area contributed by atoms with Crippen LogP contribution in [0.3, 0.4) is 0 Å². The molecule has 0 N–H and O–H groups in total. The highest BCUT2D eigenvalue weighted by Crippen LogP contribution is 2.44. The molecule has 0 aromatic carbocycles. The second-order valence-electron chi connectivity index (χ2n) is 5.79. The van der Waals surface area contributed by atoms with E-state index in [4.69, 9.17) is 9.47 Å². The van der Waals surface area contributed by atoms with Crippen LogP contribution in [0, 0.1) is 0 Å². The van der Waals surface area contributed by atoms with Gasteiger partial charge >= 0.3 is 5.97 Å². The lowest BCUT2D eigenvalue weighted by atomic mass is 10.0. The van der Waals surface area contributed by atoms with E-state index < -0.39 is 0 Å². The van der Waals surface area contributed by atoms with Gasteiger partial charge in [0, 0.05) is 18.5 Å². The van der Waals surface area contributed by atoms with Crippen LogP contribution in [0.4, 0.5) is 0 Å². The second kappa shape index (κ2) is 3.69. The quantitative estimate of drug-likeness (QED) is 0.647. The smallest absolute Gasteiger partial charge is 0.306 e. The first-order valence-corrected chi connectivity index (χ1v) is 6.95. The van der Waals surface area contributed by atoms with Gasteiger partial charge in [-0.05, 0) is 38.5 Å². The van der Waals surface area contributed by atoms with Gasteiger partial charge in [0.1, 0.15) is 12.3 Å². The molecule has 94 valence electrons. The van der Waals surface area contributed by atoms with Crippen molar-refractivity contribution in [2.24, 2.45) is 0 Å². The van der Waals surface area contributed by atoms with Crippen LogP contribution in [0.1, 0.15) is 44.9 Å². The third kappa shape index (κ3) is 1.47. The van der Waals surface area contributed by atoms with Crippen LogP contribution < -0.4 is 0 Å². The summed E-state index contributed by atoms with van der Waals surface area (Å²) in [6.45, 7) is 0. The number of carbonyl (C=O) groups excluding carboxylic acids is 1. The lowest BCUT2D eigenvalue weighted by Gasteiger charge is -2.31. The van der Waals surface area contributed by atoms with E-state index >= 15 is 0 Å². The summed E-state index contributed by atoms with van der Waals surface area (Å²) in [5.74, 6) is -0.0125. The molecule has 0 unspecified atom stereocenters. The number of fused-ring (bicyclic) bond motifs is 5. The average molecular weight is 237 g/mol. The molecule has 4 rings (SSSR count). The number of hydrogen-bond acceptors (Lipinski definition) is 4. The topological polar surface area (TPSA) is 38.8 Å². The molecule has 5 atom stereocenters. The lowest BCUT2D eigenvalue weighted by Crippen LogP contribution is -2.44. The van der Waals surface area contributed by atoms with Crippen LogP contribution >= 0.6 is 0 Å². The molecule has 2 bridgehead atoms. The monoisotopic (exact) mass is 237 g/mol. The zero-order chi connectivity index (χ0) is 11.4. The largest absolute Gasteiger partial charge is 0.461 e. The van der Waals surface area contributed by atoms with Crippen LogP contribution in [0.2, 0.25) is 0 Å². The van der Waals surface area contributed by atoms with Crippen LogP contribution in [-0.4, -0.2) is 41.4 Å². The number of cyclic esters (lactones) is 1. The summed E-state index contributed by atoms with van der Waals surface area (Å²) in [5, 5.41) is 0. The van der Waals surface area contributed by atoms with Gasteiger partial charge in [-0.3, -0.25) is 9.69 Å². The van der Waals surface area contributed by atoms with Crippen molar-refractivity contribution >= 4 is 5.97 Å². The summed E-state index contributed by atoms with van der Waals surface area (Å²) in [5.41, 5.74) is 0. The van der Waals surface area contributed by atoms with Crippen molar-refractivity contribution in [3.05, 3.63) is 0 Å². The summed E-state index contributed by atoms with van der Waals surface area (Å²) in [4.78, 5) is 13.8. The fourth-order valence-electron chi connectivity index (χ4n) is 4.22. The molecule has 0 radical (unpaired) electrons. The number of nitrogens with zero attached hydrogens (tertiary/aromatic N) is 1. The van der Waals surface area contributed by atoms with Gasteiger partial charge in [-0.2, -0.15) is 0 Å². The second-order valence-corrected chi connectivity index (χ2v) is 5.79. The first-order valence-electron chi connectivity index (χ1n) is 6.95. The summed E-state index contributed by atoms with van der Waals surface area (Å²) in [6, 6.07) is 1.03. The molecule has 4 saturated heterocycles. The van der Waals surface area contributed by atoms with Crippen LogP contribution in [0.5, 0.6) is 0 Å². The minimum Gasteiger partial charge on any atom is -0.461 e. The van der Waals surface area contributed by atoms with E-state index in [9.17, 15) is 4.79 Å². The predicted molar refractivity (Wildman–Crippen MR) is 60.3 cm³/mol. The molecule has 0 aliphatic carbocycles. The zero-order valence-electron chi connectivity index (χ0n) is 10.0. The molecule has 4 heteroatoms. The Kier molecular flexibility index (Phi) is 2.24. The fourth-order valence-corrected chi connectivity index (χ4v) is 4.22. The molecular formula is C13H19NO3. The number of rotatable bonds is 1. The normalized spacial score (nSPS) is 49.4. The Morgan fingerprint density at radius 1 is 1.00 bits per heavy atom. The van der Waals surface area contributed by atoms with Crippen molar-refractivity contribution in [2.75, 3.05) is 0 Å². The number of hydrogen-bond donors (Lipinski definition) is 0. The van der Waals surface area contributed by atoms with E-state index in [-0.39, 0.29) is 12.1 Å². The molecule has 0 spiro atoms. The molecule has 4 fully saturated rings. The molecule has 0 amide bonds. The van der Waals surface area contributed by atoms with Crippen LogP contribution in [-0.2, 0) is 14.3 Å². The zero-order valence-corrected chi connectivity index (χ0v) is 10.0. The Bertz CT molecular complexity index is 346. The van der Waals surface area contributed by atoms with Gasteiger partial charge in [-0.1, -0.05) is 0 Å². The van der Waals surface area contributed by atoms with Gasteiger partial charge in [-0.25, -0.2) is 0 Å². The van der Waals surface area contributed by atoms with E-state index in [0.29, 0.717) is 30.8 Å². The first kappa shape index (κ1) is 10.3. The van der Waals surface area contributed by atoms with E-state index in [1.54, 1.807) is 0 Å². The summed E-state index contributed by atoms with van der Waals surface area (Å²) in [6.07, 6.45) is 8.48. The minimum atomic E-state index is -0.0125. The van der Waals surface area contributed by atoms with Gasteiger partial charge in [0.05, 0.1) is 6.10 Å². The van der Waals surface area contributed by atoms with Gasteiger partial charge in [0.2, 0.25) is 0 Å². The van der Waals surface area contributed by atoms with E-state index in [2.05, 4.69) is 4.90 Å². The highest BCUT2D eigenvalue weighted by Gasteiger charge is 2.53. The maximum absolute atomic E-state index is 11.3. The lowest BCUT2D eigenvalue weighted by molar-refractivity contribution is -0.144. The molecule has 0 saturated carbocycles. The van der Waals surface area contributed by atoms with Gasteiger partial charge < -0.3 is 9.47 Å².